The molecule has 0 spiro atoms. The molecule has 0 aromatic heterocycles. The first-order valence-electron chi connectivity index (χ1n) is 1.70. The van der Waals surface area contributed by atoms with Crippen molar-refractivity contribution in [1.29, 1.82) is 0 Å². The molecule has 3 nitrogen and oxygen atoms in total. The Kier molecular flexibility index (Phi) is 4.12. The average Bonchev–Trinajstić information content (AvgIpc) is 1.72. The van der Waals surface area contributed by atoms with Gasteiger partial charge in [-0.25, -0.2) is 4.28 Å². The SMILES string of the molecule is C1=CSONC1.N. The summed E-state index contributed by atoms with van der Waals surface area (Å²) >= 11 is 1.30. The topological polar surface area (TPSA) is 56.3 Å². The molecule has 0 atom stereocenters. The van der Waals surface area contributed by atoms with E-state index >= 15 is 0 Å². The first-order valence-corrected chi connectivity index (χ1v) is 2.51. The fraction of sp³-hybridized carbons (Fsp3) is 0.333. The van der Waals surface area contributed by atoms with Crippen molar-refractivity contribution in [1.82, 2.24) is 11.6 Å². The first-order chi connectivity index (χ1) is 3.00. The Balaban J connectivity index is 0.000000360. The van der Waals surface area contributed by atoms with Crippen molar-refractivity contribution in [3.05, 3.63) is 11.5 Å². The Morgan fingerprint density at radius 2 is 2.57 bits per heavy atom. The molecule has 0 aromatic carbocycles. The molecule has 0 amide bonds. The summed E-state index contributed by atoms with van der Waals surface area (Å²) in [6.45, 7) is 0.826. The standard InChI is InChI=1S/C3H5NOS.H3N/c1-2-4-5-6-3-1;/h1,3-4H,2H2;1H3. The molecule has 1 aliphatic heterocycles. The Morgan fingerprint density at radius 1 is 1.71 bits per heavy atom. The van der Waals surface area contributed by atoms with Crippen molar-refractivity contribution in [3.8, 4) is 0 Å². The van der Waals surface area contributed by atoms with Gasteiger partial charge in [-0.1, -0.05) is 6.08 Å². The highest BCUT2D eigenvalue weighted by molar-refractivity contribution is 7.97. The van der Waals surface area contributed by atoms with Crippen LogP contribution in [0.15, 0.2) is 11.5 Å². The van der Waals surface area contributed by atoms with Crippen molar-refractivity contribution in [2.75, 3.05) is 6.54 Å². The van der Waals surface area contributed by atoms with Crippen LogP contribution < -0.4 is 11.6 Å². The highest BCUT2D eigenvalue weighted by Crippen LogP contribution is 2.03. The van der Waals surface area contributed by atoms with Crippen LogP contribution in [0, 0.1) is 0 Å². The Labute approximate surface area is 46.9 Å². The predicted octanol–water partition coefficient (Wildman–Crippen LogP) is 0.845. The second-order valence-corrected chi connectivity index (χ2v) is 1.53. The lowest BCUT2D eigenvalue weighted by atomic mass is 10.7. The van der Waals surface area contributed by atoms with Crippen molar-refractivity contribution >= 4 is 12.0 Å². The minimum absolute atomic E-state index is 0. The summed E-state index contributed by atoms with van der Waals surface area (Å²) in [6.07, 6.45) is 1.99. The molecule has 0 radical (unpaired) electrons. The van der Waals surface area contributed by atoms with Crippen molar-refractivity contribution < 1.29 is 4.28 Å². The van der Waals surface area contributed by atoms with E-state index in [9.17, 15) is 0 Å². The second kappa shape index (κ2) is 4.14. The molecular weight excluding hydrogens is 112 g/mol. The van der Waals surface area contributed by atoms with E-state index in [0.29, 0.717) is 0 Å². The zero-order valence-electron chi connectivity index (χ0n) is 3.89. The normalized spacial score (nSPS) is 18.3. The third kappa shape index (κ3) is 2.64. The van der Waals surface area contributed by atoms with Gasteiger partial charge in [0.25, 0.3) is 0 Å². The molecule has 0 saturated carbocycles. The van der Waals surface area contributed by atoms with Gasteiger partial charge in [0.2, 0.25) is 0 Å². The molecule has 1 heterocycles. The first kappa shape index (κ1) is 6.97. The van der Waals surface area contributed by atoms with E-state index in [4.69, 9.17) is 0 Å². The van der Waals surface area contributed by atoms with E-state index < -0.39 is 0 Å². The fourth-order valence-electron chi connectivity index (χ4n) is 0.231. The van der Waals surface area contributed by atoms with Gasteiger partial charge >= 0.3 is 0 Å². The zero-order valence-corrected chi connectivity index (χ0v) is 4.70. The number of hydrogen-bond acceptors (Lipinski definition) is 4. The van der Waals surface area contributed by atoms with Gasteiger partial charge in [0, 0.05) is 18.6 Å². The van der Waals surface area contributed by atoms with Gasteiger partial charge in [0.15, 0.2) is 0 Å². The Hall–Kier alpha value is -0.0300. The highest BCUT2D eigenvalue weighted by atomic mass is 32.2. The van der Waals surface area contributed by atoms with Gasteiger partial charge in [0.05, 0.1) is 0 Å². The molecule has 0 aromatic rings. The van der Waals surface area contributed by atoms with Crippen LogP contribution in [0.3, 0.4) is 0 Å². The lowest BCUT2D eigenvalue weighted by Gasteiger charge is -2.00. The van der Waals surface area contributed by atoms with Crippen LogP contribution in [0.5, 0.6) is 0 Å². The van der Waals surface area contributed by atoms with E-state index in [0.717, 1.165) is 6.54 Å². The third-order valence-corrected chi connectivity index (χ3v) is 0.978. The van der Waals surface area contributed by atoms with Crippen LogP contribution in [-0.4, -0.2) is 6.54 Å². The van der Waals surface area contributed by atoms with Crippen molar-refractivity contribution in [3.63, 3.8) is 0 Å². The molecule has 0 aliphatic carbocycles. The lowest BCUT2D eigenvalue weighted by Crippen LogP contribution is -2.11. The van der Waals surface area contributed by atoms with Crippen LogP contribution in [0.25, 0.3) is 0 Å². The summed E-state index contributed by atoms with van der Waals surface area (Å²) in [5.41, 5.74) is 2.66. The molecule has 0 unspecified atom stereocenters. The van der Waals surface area contributed by atoms with Crippen LogP contribution >= 0.6 is 12.0 Å². The summed E-state index contributed by atoms with van der Waals surface area (Å²) in [5.74, 6) is 0. The van der Waals surface area contributed by atoms with Gasteiger partial charge in [-0.2, -0.15) is 5.48 Å². The smallest absolute Gasteiger partial charge is 0.0441 e. The molecule has 0 saturated heterocycles. The molecule has 4 N–H and O–H groups in total. The third-order valence-electron chi connectivity index (χ3n) is 0.460. The van der Waals surface area contributed by atoms with Crippen molar-refractivity contribution in [2.24, 2.45) is 0 Å². The van der Waals surface area contributed by atoms with Gasteiger partial charge in [0.1, 0.15) is 0 Å². The predicted molar refractivity (Wildman–Crippen MR) is 30.8 cm³/mol. The molecule has 0 fully saturated rings. The van der Waals surface area contributed by atoms with E-state index in [1.807, 2.05) is 11.5 Å². The molecule has 1 rings (SSSR count). The second-order valence-electron chi connectivity index (χ2n) is 0.900. The number of hydrogen-bond donors (Lipinski definition) is 2. The molecule has 4 heteroatoms. The summed E-state index contributed by atoms with van der Waals surface area (Å²) < 4.78 is 4.65. The number of nitrogens with one attached hydrogen (secondary N) is 1. The monoisotopic (exact) mass is 120 g/mol. The van der Waals surface area contributed by atoms with E-state index in [2.05, 4.69) is 9.76 Å². The van der Waals surface area contributed by atoms with E-state index in [1.165, 1.54) is 12.0 Å². The maximum absolute atomic E-state index is 4.65. The van der Waals surface area contributed by atoms with Crippen molar-refractivity contribution in [2.45, 2.75) is 0 Å². The van der Waals surface area contributed by atoms with Gasteiger partial charge in [-0.05, 0) is 5.41 Å². The molecule has 7 heavy (non-hydrogen) atoms. The van der Waals surface area contributed by atoms with Gasteiger partial charge < -0.3 is 6.15 Å². The average molecular weight is 120 g/mol. The fourth-order valence-corrected chi connectivity index (χ4v) is 0.598. The molecule has 42 valence electrons. The Morgan fingerprint density at radius 3 is 2.71 bits per heavy atom. The highest BCUT2D eigenvalue weighted by Gasteiger charge is 1.85. The van der Waals surface area contributed by atoms with Crippen LogP contribution in [0.2, 0.25) is 0 Å². The van der Waals surface area contributed by atoms with Crippen LogP contribution in [-0.2, 0) is 4.28 Å². The maximum atomic E-state index is 4.65. The summed E-state index contributed by atoms with van der Waals surface area (Å²) in [6, 6.07) is 0. The zero-order chi connectivity index (χ0) is 4.24. The van der Waals surface area contributed by atoms with Gasteiger partial charge in [-0.15, -0.1) is 0 Å². The van der Waals surface area contributed by atoms with E-state index in [-0.39, 0.29) is 6.15 Å². The minimum atomic E-state index is 0. The van der Waals surface area contributed by atoms with E-state index in [1.54, 1.807) is 0 Å². The van der Waals surface area contributed by atoms with Crippen LogP contribution in [0.4, 0.5) is 0 Å². The maximum Gasteiger partial charge on any atom is 0.0441 e. The lowest BCUT2D eigenvalue weighted by molar-refractivity contribution is 0.253. The Bertz CT molecular complexity index is 58.0. The number of hydroxylamine groups is 1. The summed E-state index contributed by atoms with van der Waals surface area (Å²) in [5, 5.41) is 1.90. The molecular formula is C3H8N2OS. The summed E-state index contributed by atoms with van der Waals surface area (Å²) in [7, 11) is 0. The van der Waals surface area contributed by atoms with Crippen LogP contribution in [0.1, 0.15) is 0 Å². The number of rotatable bonds is 0. The largest absolute Gasteiger partial charge is 0.344 e. The quantitative estimate of drug-likeness (QED) is 0.465. The summed E-state index contributed by atoms with van der Waals surface area (Å²) in [4.78, 5) is 0. The molecule has 1 aliphatic rings. The minimum Gasteiger partial charge on any atom is -0.344 e. The molecule has 0 bridgehead atoms. The van der Waals surface area contributed by atoms with Gasteiger partial charge in [-0.3, -0.25) is 0 Å².